The van der Waals surface area contributed by atoms with Crippen LogP contribution in [-0.2, 0) is 9.59 Å². The third-order valence-electron chi connectivity index (χ3n) is 3.66. The molecule has 8 nitrogen and oxygen atoms in total. The molecule has 1 aliphatic heterocycles. The number of anilines is 1. The van der Waals surface area contributed by atoms with Crippen LogP contribution in [0.25, 0.3) is 0 Å². The number of aromatic nitrogens is 2. The second-order valence-electron chi connectivity index (χ2n) is 5.35. The molecule has 1 atom stereocenters. The van der Waals surface area contributed by atoms with E-state index in [0.717, 1.165) is 18.5 Å². The monoisotopic (exact) mass is 307 g/mol. The second-order valence-corrected chi connectivity index (χ2v) is 5.35. The Bertz CT molecular complexity index is 591. The minimum Gasteiger partial charge on any atom is -0.325 e. The van der Waals surface area contributed by atoms with Crippen molar-refractivity contribution in [1.82, 2.24) is 20.4 Å². The van der Waals surface area contributed by atoms with Crippen LogP contribution >= 0.6 is 0 Å². The number of rotatable bonds is 6. The summed E-state index contributed by atoms with van der Waals surface area (Å²) in [6, 6.07) is 0.612. The van der Waals surface area contributed by atoms with Crippen LogP contribution in [0.15, 0.2) is 6.07 Å². The Balaban J connectivity index is 2.05. The molecule has 1 saturated heterocycles. The molecule has 1 aliphatic rings. The zero-order valence-electron chi connectivity index (χ0n) is 13.0. The minimum absolute atomic E-state index is 0.106. The number of carbonyl (C=O) groups is 3. The number of hydrogen-bond acceptors (Lipinski definition) is 4. The molecule has 1 aromatic heterocycles. The first-order chi connectivity index (χ1) is 10.4. The van der Waals surface area contributed by atoms with Gasteiger partial charge in [0.1, 0.15) is 11.9 Å². The predicted octanol–water partition coefficient (Wildman–Crippen LogP) is 1.09. The van der Waals surface area contributed by atoms with E-state index in [2.05, 4.69) is 34.9 Å². The van der Waals surface area contributed by atoms with Gasteiger partial charge in [0.05, 0.1) is 18.2 Å². The van der Waals surface area contributed by atoms with Gasteiger partial charge in [-0.25, -0.2) is 9.48 Å². The summed E-state index contributed by atoms with van der Waals surface area (Å²) in [6.07, 6.45) is 1.70. The van der Waals surface area contributed by atoms with Crippen molar-refractivity contribution in [3.8, 4) is 0 Å². The van der Waals surface area contributed by atoms with Crippen molar-refractivity contribution in [3.63, 3.8) is 0 Å². The zero-order valence-corrected chi connectivity index (χ0v) is 13.0. The molecule has 120 valence electrons. The standard InChI is InChI=1S/C14H21N5O3/c1-4-9(5-2)19-11(6-8(3)18-19)16-12(20)7-10-13(21)17-14(22)15-10/h6,9-10H,4-5,7H2,1-3H3,(H,16,20)(H2,15,17,21,22). The Labute approximate surface area is 128 Å². The molecule has 4 amide bonds. The Kier molecular flexibility index (Phi) is 4.79. The number of nitrogens with zero attached hydrogens (tertiary/aromatic N) is 2. The van der Waals surface area contributed by atoms with Crippen molar-refractivity contribution in [1.29, 1.82) is 0 Å². The molecule has 0 aromatic carbocycles. The number of nitrogens with one attached hydrogen (secondary N) is 3. The molecule has 0 aliphatic carbocycles. The van der Waals surface area contributed by atoms with Crippen molar-refractivity contribution in [2.24, 2.45) is 0 Å². The van der Waals surface area contributed by atoms with E-state index in [1.807, 2.05) is 6.92 Å². The van der Waals surface area contributed by atoms with E-state index in [1.165, 1.54) is 0 Å². The largest absolute Gasteiger partial charge is 0.325 e. The van der Waals surface area contributed by atoms with Gasteiger partial charge in [0.2, 0.25) is 5.91 Å². The normalized spacial score (nSPS) is 17.5. The maximum atomic E-state index is 12.1. The fourth-order valence-electron chi connectivity index (χ4n) is 2.50. The smallest absolute Gasteiger partial charge is 0.322 e. The number of amides is 4. The number of urea groups is 1. The van der Waals surface area contributed by atoms with Crippen LogP contribution in [-0.4, -0.2) is 33.7 Å². The molecule has 1 unspecified atom stereocenters. The molecule has 8 heteroatoms. The third-order valence-corrected chi connectivity index (χ3v) is 3.66. The molecule has 0 bridgehead atoms. The number of hydrogen-bond donors (Lipinski definition) is 3. The Morgan fingerprint density at radius 3 is 2.64 bits per heavy atom. The van der Waals surface area contributed by atoms with E-state index in [4.69, 9.17) is 0 Å². The van der Waals surface area contributed by atoms with Gasteiger partial charge in [-0.2, -0.15) is 5.10 Å². The highest BCUT2D eigenvalue weighted by atomic mass is 16.2. The van der Waals surface area contributed by atoms with Crippen LogP contribution in [0.3, 0.4) is 0 Å². The van der Waals surface area contributed by atoms with Gasteiger partial charge < -0.3 is 10.6 Å². The highest BCUT2D eigenvalue weighted by Gasteiger charge is 2.31. The Morgan fingerprint density at radius 2 is 2.09 bits per heavy atom. The van der Waals surface area contributed by atoms with Gasteiger partial charge in [-0.1, -0.05) is 13.8 Å². The van der Waals surface area contributed by atoms with Gasteiger partial charge in [-0.3, -0.25) is 14.9 Å². The summed E-state index contributed by atoms with van der Waals surface area (Å²) >= 11 is 0. The minimum atomic E-state index is -0.821. The van der Waals surface area contributed by atoms with E-state index >= 15 is 0 Å². The molecule has 22 heavy (non-hydrogen) atoms. The SMILES string of the molecule is CCC(CC)n1nc(C)cc1NC(=O)CC1NC(=O)NC1=O. The van der Waals surface area contributed by atoms with Crippen molar-refractivity contribution in [2.75, 3.05) is 5.32 Å². The van der Waals surface area contributed by atoms with Crippen molar-refractivity contribution < 1.29 is 14.4 Å². The summed E-state index contributed by atoms with van der Waals surface area (Å²) < 4.78 is 1.81. The van der Waals surface area contributed by atoms with Gasteiger partial charge in [0, 0.05) is 6.07 Å². The average Bonchev–Trinajstić information content (AvgIpc) is 2.94. The summed E-state index contributed by atoms with van der Waals surface area (Å²) in [7, 11) is 0. The van der Waals surface area contributed by atoms with Crippen LogP contribution in [0.1, 0.15) is 44.8 Å². The van der Waals surface area contributed by atoms with E-state index < -0.39 is 18.0 Å². The average molecular weight is 307 g/mol. The van der Waals surface area contributed by atoms with Crippen molar-refractivity contribution in [3.05, 3.63) is 11.8 Å². The highest BCUT2D eigenvalue weighted by Crippen LogP contribution is 2.22. The van der Waals surface area contributed by atoms with Crippen molar-refractivity contribution in [2.45, 2.75) is 52.1 Å². The highest BCUT2D eigenvalue weighted by molar-refractivity contribution is 6.06. The quantitative estimate of drug-likeness (QED) is 0.684. The first-order valence-corrected chi connectivity index (χ1v) is 7.41. The number of imide groups is 1. The first kappa shape index (κ1) is 16.0. The molecular formula is C14H21N5O3. The molecule has 3 N–H and O–H groups in total. The van der Waals surface area contributed by atoms with Crippen LogP contribution in [0, 0.1) is 6.92 Å². The Hall–Kier alpha value is -2.38. The van der Waals surface area contributed by atoms with Gasteiger partial charge in [-0.15, -0.1) is 0 Å². The summed E-state index contributed by atoms with van der Waals surface area (Å²) in [5, 5.41) is 11.7. The lowest BCUT2D eigenvalue weighted by Crippen LogP contribution is -2.33. The molecule has 2 heterocycles. The lowest BCUT2D eigenvalue weighted by atomic mass is 10.2. The molecule has 0 saturated carbocycles. The van der Waals surface area contributed by atoms with Gasteiger partial charge >= 0.3 is 6.03 Å². The van der Waals surface area contributed by atoms with E-state index in [-0.39, 0.29) is 18.4 Å². The molecule has 1 aromatic rings. The van der Waals surface area contributed by atoms with Gasteiger partial charge in [0.25, 0.3) is 5.91 Å². The third kappa shape index (κ3) is 3.44. The predicted molar refractivity (Wildman–Crippen MR) is 80.3 cm³/mol. The second kappa shape index (κ2) is 6.59. The van der Waals surface area contributed by atoms with E-state index in [9.17, 15) is 14.4 Å². The fourth-order valence-corrected chi connectivity index (χ4v) is 2.50. The Morgan fingerprint density at radius 1 is 1.41 bits per heavy atom. The first-order valence-electron chi connectivity index (χ1n) is 7.41. The molecule has 0 spiro atoms. The van der Waals surface area contributed by atoms with Gasteiger partial charge in [-0.05, 0) is 19.8 Å². The number of aryl methyl sites for hydroxylation is 1. The van der Waals surface area contributed by atoms with E-state index in [0.29, 0.717) is 5.82 Å². The van der Waals surface area contributed by atoms with Crippen LogP contribution in [0.4, 0.5) is 10.6 Å². The maximum absolute atomic E-state index is 12.1. The molecular weight excluding hydrogens is 286 g/mol. The van der Waals surface area contributed by atoms with Crippen molar-refractivity contribution >= 4 is 23.7 Å². The van der Waals surface area contributed by atoms with Crippen LogP contribution < -0.4 is 16.0 Å². The summed E-state index contributed by atoms with van der Waals surface area (Å²) in [6.45, 7) is 5.99. The fraction of sp³-hybridized carbons (Fsp3) is 0.571. The zero-order chi connectivity index (χ0) is 16.3. The van der Waals surface area contributed by atoms with E-state index in [1.54, 1.807) is 10.7 Å². The summed E-state index contributed by atoms with van der Waals surface area (Å²) in [4.78, 5) is 34.6. The lowest BCUT2D eigenvalue weighted by Gasteiger charge is -2.17. The summed E-state index contributed by atoms with van der Waals surface area (Å²) in [5.74, 6) is -0.208. The molecule has 0 radical (unpaired) electrons. The topological polar surface area (TPSA) is 105 Å². The summed E-state index contributed by atoms with van der Waals surface area (Å²) in [5.41, 5.74) is 0.814. The number of carbonyl (C=O) groups excluding carboxylic acids is 3. The molecule has 2 rings (SSSR count). The lowest BCUT2D eigenvalue weighted by molar-refractivity contribution is -0.124. The van der Waals surface area contributed by atoms with Crippen LogP contribution in [0.5, 0.6) is 0 Å². The van der Waals surface area contributed by atoms with Gasteiger partial charge in [0.15, 0.2) is 0 Å². The maximum Gasteiger partial charge on any atom is 0.322 e. The van der Waals surface area contributed by atoms with Crippen LogP contribution in [0.2, 0.25) is 0 Å². The molecule has 1 fully saturated rings.